The van der Waals surface area contributed by atoms with Crippen molar-refractivity contribution in [3.63, 3.8) is 0 Å². The number of aryl methyl sites for hydroxylation is 1. The van der Waals surface area contributed by atoms with E-state index in [9.17, 15) is 13.6 Å². The van der Waals surface area contributed by atoms with Gasteiger partial charge in [-0.25, -0.2) is 13.8 Å². The maximum absolute atomic E-state index is 14.6. The van der Waals surface area contributed by atoms with Crippen LogP contribution in [0.5, 0.6) is 5.75 Å². The molecule has 0 radical (unpaired) electrons. The number of fused-ring (bicyclic) bond motifs is 6. The highest BCUT2D eigenvalue weighted by Gasteiger charge is 2.26. The summed E-state index contributed by atoms with van der Waals surface area (Å²) >= 11 is 0. The van der Waals surface area contributed by atoms with Crippen LogP contribution in [0.3, 0.4) is 0 Å². The minimum absolute atomic E-state index is 0.263. The van der Waals surface area contributed by atoms with E-state index in [1.54, 1.807) is 25.2 Å². The molecule has 6 aromatic rings. The molecular weight excluding hydrogens is 512 g/mol. The smallest absolute Gasteiger partial charge is 0.255 e. The molecule has 3 aromatic carbocycles. The summed E-state index contributed by atoms with van der Waals surface area (Å²) in [7, 11) is 1.56. The molecular formula is C32H23F2N3O3. The predicted molar refractivity (Wildman–Crippen MR) is 149 cm³/mol. The fourth-order valence-corrected chi connectivity index (χ4v) is 5.48. The van der Waals surface area contributed by atoms with Crippen LogP contribution in [0.2, 0.25) is 0 Å². The third kappa shape index (κ3) is 3.60. The highest BCUT2D eigenvalue weighted by Crippen LogP contribution is 2.41. The van der Waals surface area contributed by atoms with Crippen LogP contribution < -0.4 is 10.1 Å². The molecule has 1 N–H and O–H groups in total. The van der Waals surface area contributed by atoms with Gasteiger partial charge in [-0.05, 0) is 78.7 Å². The summed E-state index contributed by atoms with van der Waals surface area (Å²) < 4.78 is 42.3. The first-order chi connectivity index (χ1) is 19.5. The molecule has 6 nitrogen and oxygen atoms in total. The van der Waals surface area contributed by atoms with E-state index in [2.05, 4.69) is 5.32 Å². The Morgan fingerprint density at radius 1 is 1.02 bits per heavy atom. The molecule has 198 valence electrons. The number of furan rings is 1. The molecule has 4 heterocycles. The van der Waals surface area contributed by atoms with E-state index in [0.717, 1.165) is 22.3 Å². The van der Waals surface area contributed by atoms with Gasteiger partial charge in [0.15, 0.2) is 6.73 Å². The molecule has 3 aromatic heterocycles. The molecule has 1 aliphatic heterocycles. The molecule has 0 fully saturated rings. The zero-order valence-corrected chi connectivity index (χ0v) is 21.7. The number of ether oxygens (including phenoxy) is 1. The van der Waals surface area contributed by atoms with Crippen molar-refractivity contribution in [3.8, 4) is 39.7 Å². The summed E-state index contributed by atoms with van der Waals surface area (Å²) in [5, 5.41) is 3.84. The lowest BCUT2D eigenvalue weighted by Crippen LogP contribution is -2.18. The molecule has 0 unspecified atom stereocenters. The number of nitrogens with one attached hydrogen (secondary N) is 1. The summed E-state index contributed by atoms with van der Waals surface area (Å²) in [5.41, 5.74) is 6.15. The molecule has 0 saturated carbocycles. The lowest BCUT2D eigenvalue weighted by Gasteiger charge is -2.21. The Hall–Kier alpha value is -4.98. The Balaban J connectivity index is 1.43. The van der Waals surface area contributed by atoms with Crippen molar-refractivity contribution in [2.24, 2.45) is 0 Å². The van der Waals surface area contributed by atoms with Gasteiger partial charge in [0.2, 0.25) is 0 Å². The van der Waals surface area contributed by atoms with Crippen LogP contribution >= 0.6 is 0 Å². The van der Waals surface area contributed by atoms with Crippen LogP contribution in [0.15, 0.2) is 77.2 Å². The molecule has 1 aliphatic rings. The van der Waals surface area contributed by atoms with Gasteiger partial charge in [0, 0.05) is 28.9 Å². The monoisotopic (exact) mass is 535 g/mol. The molecule has 0 bridgehead atoms. The van der Waals surface area contributed by atoms with E-state index in [0.29, 0.717) is 56.8 Å². The van der Waals surface area contributed by atoms with Crippen molar-refractivity contribution in [2.45, 2.75) is 20.1 Å². The Labute approximate surface area is 227 Å². The van der Waals surface area contributed by atoms with Gasteiger partial charge >= 0.3 is 0 Å². The second kappa shape index (κ2) is 9.05. The lowest BCUT2D eigenvalue weighted by molar-refractivity contribution is 0.0964. The summed E-state index contributed by atoms with van der Waals surface area (Å²) in [4.78, 5) is 18.1. The van der Waals surface area contributed by atoms with Gasteiger partial charge in [-0.2, -0.15) is 0 Å². The molecule has 8 heteroatoms. The number of hydrogen-bond acceptors (Lipinski definition) is 4. The second-order valence-corrected chi connectivity index (χ2v) is 9.70. The first-order valence-corrected chi connectivity index (χ1v) is 13.0. The van der Waals surface area contributed by atoms with E-state index in [4.69, 9.17) is 14.1 Å². The van der Waals surface area contributed by atoms with Crippen LogP contribution in [0.25, 0.3) is 55.8 Å². The van der Waals surface area contributed by atoms with Gasteiger partial charge in [-0.1, -0.05) is 13.0 Å². The van der Waals surface area contributed by atoms with Crippen molar-refractivity contribution in [1.82, 2.24) is 14.9 Å². The van der Waals surface area contributed by atoms with Gasteiger partial charge in [-0.15, -0.1) is 0 Å². The van der Waals surface area contributed by atoms with Crippen molar-refractivity contribution in [3.05, 3.63) is 95.6 Å². The number of amides is 1. The van der Waals surface area contributed by atoms with Crippen LogP contribution in [-0.2, 0) is 13.2 Å². The first-order valence-electron chi connectivity index (χ1n) is 13.0. The maximum Gasteiger partial charge on any atom is 0.255 e. The number of nitrogens with zero attached hydrogens (tertiary/aromatic N) is 2. The minimum atomic E-state index is -0.374. The van der Waals surface area contributed by atoms with Gasteiger partial charge in [0.05, 0.1) is 22.5 Å². The Morgan fingerprint density at radius 3 is 2.62 bits per heavy atom. The molecule has 0 atom stereocenters. The highest BCUT2D eigenvalue weighted by atomic mass is 19.1. The lowest BCUT2D eigenvalue weighted by atomic mass is 9.96. The average molecular weight is 536 g/mol. The van der Waals surface area contributed by atoms with Gasteiger partial charge < -0.3 is 19.0 Å². The normalized spacial score (nSPS) is 12.3. The summed E-state index contributed by atoms with van der Waals surface area (Å²) in [6.45, 7) is 2.30. The SMILES string of the molecule is CCc1cc2oc(-c3ccc(F)cc3)c(C(=O)NC)c2cc1-c1ccc2c(n1)-c1cc3c(F)cccc3n1CO2. The van der Waals surface area contributed by atoms with Gasteiger partial charge in [-0.3, -0.25) is 4.79 Å². The average Bonchev–Trinajstić information content (AvgIpc) is 3.55. The fourth-order valence-electron chi connectivity index (χ4n) is 5.48. The molecule has 0 aliphatic carbocycles. The molecule has 7 rings (SSSR count). The molecule has 40 heavy (non-hydrogen) atoms. The standard InChI is InChI=1S/C32H23F2N3O3/c1-3-17-13-28-22(29(32(38)35-2)31(40-28)18-7-9-19(33)10-8-18)14-20(17)24-11-12-27-30(36-24)26-15-21-23(34)5-4-6-25(21)37(26)16-39-27/h4-15H,3,16H2,1-2H3,(H,35,38). The van der Waals surface area contributed by atoms with Crippen molar-refractivity contribution in [2.75, 3.05) is 7.05 Å². The minimum Gasteiger partial charge on any atom is -0.470 e. The van der Waals surface area contributed by atoms with Crippen LogP contribution in [0.1, 0.15) is 22.8 Å². The van der Waals surface area contributed by atoms with Crippen LogP contribution in [0.4, 0.5) is 8.78 Å². The van der Waals surface area contributed by atoms with Crippen molar-refractivity contribution in [1.29, 1.82) is 0 Å². The zero-order chi connectivity index (χ0) is 27.5. The number of pyridine rings is 1. The molecule has 1 amide bonds. The number of carbonyl (C=O) groups is 1. The second-order valence-electron chi connectivity index (χ2n) is 9.70. The Kier molecular flexibility index (Phi) is 5.45. The highest BCUT2D eigenvalue weighted by molar-refractivity contribution is 6.12. The molecule has 0 saturated heterocycles. The van der Waals surface area contributed by atoms with Crippen molar-refractivity contribution < 1.29 is 22.7 Å². The topological polar surface area (TPSA) is 69.3 Å². The van der Waals surface area contributed by atoms with E-state index < -0.39 is 0 Å². The van der Waals surface area contributed by atoms with Crippen LogP contribution in [-0.4, -0.2) is 22.5 Å². The summed E-state index contributed by atoms with van der Waals surface area (Å²) in [6, 6.07) is 20.3. The number of benzene rings is 3. The number of hydrogen-bond donors (Lipinski definition) is 1. The van der Waals surface area contributed by atoms with Crippen LogP contribution in [0, 0.1) is 11.6 Å². The Morgan fingerprint density at radius 2 is 1.85 bits per heavy atom. The zero-order valence-electron chi connectivity index (χ0n) is 21.7. The quantitative estimate of drug-likeness (QED) is 0.257. The number of carbonyl (C=O) groups excluding carboxylic acids is 1. The van der Waals surface area contributed by atoms with Gasteiger partial charge in [0.25, 0.3) is 5.91 Å². The van der Waals surface area contributed by atoms with E-state index in [-0.39, 0.29) is 24.3 Å². The van der Waals surface area contributed by atoms with Gasteiger partial charge in [0.1, 0.15) is 34.4 Å². The van der Waals surface area contributed by atoms with E-state index >= 15 is 0 Å². The third-order valence-corrected chi connectivity index (χ3v) is 7.47. The maximum atomic E-state index is 14.6. The first kappa shape index (κ1) is 24.1. The predicted octanol–water partition coefficient (Wildman–Crippen LogP) is 7.33. The largest absolute Gasteiger partial charge is 0.470 e. The van der Waals surface area contributed by atoms with Crippen molar-refractivity contribution >= 4 is 27.8 Å². The number of halogens is 2. The number of aromatic nitrogens is 2. The Bertz CT molecular complexity index is 1970. The molecule has 0 spiro atoms. The fraction of sp³-hybridized carbons (Fsp3) is 0.125. The third-order valence-electron chi connectivity index (χ3n) is 7.47. The van der Waals surface area contributed by atoms with E-state index in [1.807, 2.05) is 47.9 Å². The van der Waals surface area contributed by atoms with E-state index in [1.165, 1.54) is 18.2 Å². The number of rotatable bonds is 4. The summed E-state index contributed by atoms with van der Waals surface area (Å²) in [5.74, 6) is 0.000635. The summed E-state index contributed by atoms with van der Waals surface area (Å²) in [6.07, 6.45) is 0.688.